The molecule has 0 radical (unpaired) electrons. The third kappa shape index (κ3) is 4.60. The molecule has 2 saturated heterocycles. The molecule has 0 bridgehead atoms. The van der Waals surface area contributed by atoms with Crippen molar-refractivity contribution in [1.29, 1.82) is 0 Å². The Balaban J connectivity index is 1.53. The first-order chi connectivity index (χ1) is 12.1. The van der Waals surface area contributed by atoms with Crippen molar-refractivity contribution >= 4 is 11.9 Å². The van der Waals surface area contributed by atoms with E-state index in [4.69, 9.17) is 4.74 Å². The second kappa shape index (κ2) is 8.48. The van der Waals surface area contributed by atoms with E-state index in [-0.39, 0.29) is 11.8 Å². The minimum Gasteiger partial charge on any atom is -0.481 e. The van der Waals surface area contributed by atoms with Gasteiger partial charge in [-0.3, -0.25) is 9.59 Å². The normalized spacial score (nSPS) is 24.4. The Morgan fingerprint density at radius 1 is 1.12 bits per heavy atom. The molecule has 3 rings (SSSR count). The third-order valence-corrected chi connectivity index (χ3v) is 5.56. The summed E-state index contributed by atoms with van der Waals surface area (Å²) in [4.78, 5) is 25.9. The lowest BCUT2D eigenvalue weighted by atomic mass is 9.89. The van der Waals surface area contributed by atoms with E-state index in [9.17, 15) is 14.7 Å². The molecule has 1 amide bonds. The largest absolute Gasteiger partial charge is 0.481 e. The van der Waals surface area contributed by atoms with Gasteiger partial charge >= 0.3 is 5.97 Å². The number of benzene rings is 1. The molecular weight excluding hydrogens is 318 g/mol. The molecule has 0 spiro atoms. The van der Waals surface area contributed by atoms with Crippen molar-refractivity contribution in [3.05, 3.63) is 35.9 Å². The molecule has 2 aliphatic rings. The summed E-state index contributed by atoms with van der Waals surface area (Å²) in [7, 11) is 0. The number of carbonyl (C=O) groups is 2. The highest BCUT2D eigenvalue weighted by molar-refractivity contribution is 5.79. The summed E-state index contributed by atoms with van der Waals surface area (Å²) in [6.45, 7) is 2.51. The predicted octanol–water partition coefficient (Wildman–Crippen LogP) is 2.91. The van der Waals surface area contributed by atoms with Crippen LogP contribution in [0.3, 0.4) is 0 Å². The first-order valence-corrected chi connectivity index (χ1v) is 9.28. The Labute approximate surface area is 149 Å². The molecule has 0 aliphatic carbocycles. The van der Waals surface area contributed by atoms with Crippen LogP contribution in [-0.2, 0) is 14.3 Å². The van der Waals surface area contributed by atoms with Gasteiger partial charge < -0.3 is 14.7 Å². The van der Waals surface area contributed by atoms with Crippen LogP contribution < -0.4 is 0 Å². The predicted molar refractivity (Wildman–Crippen MR) is 94.3 cm³/mol. The number of carboxylic acids is 1. The number of rotatable bonds is 6. The molecule has 5 nitrogen and oxygen atoms in total. The fraction of sp³-hybridized carbons (Fsp3) is 0.600. The molecule has 136 valence electrons. The maximum Gasteiger partial charge on any atom is 0.308 e. The van der Waals surface area contributed by atoms with Crippen LogP contribution in [0.5, 0.6) is 0 Å². The van der Waals surface area contributed by atoms with Crippen molar-refractivity contribution in [3.63, 3.8) is 0 Å². The molecular formula is C20H27NO4. The lowest BCUT2D eigenvalue weighted by molar-refractivity contribution is -0.141. The van der Waals surface area contributed by atoms with E-state index in [0.717, 1.165) is 44.5 Å². The molecule has 1 aromatic rings. The number of likely N-dealkylation sites (tertiary alicyclic amines) is 1. The lowest BCUT2D eigenvalue weighted by Gasteiger charge is -2.22. The Hall–Kier alpha value is -1.88. The van der Waals surface area contributed by atoms with Gasteiger partial charge in [0.15, 0.2) is 0 Å². The van der Waals surface area contributed by atoms with Crippen molar-refractivity contribution in [2.75, 3.05) is 26.3 Å². The molecule has 0 aromatic heterocycles. The smallest absolute Gasteiger partial charge is 0.308 e. The van der Waals surface area contributed by atoms with Gasteiger partial charge in [-0.15, -0.1) is 0 Å². The quantitative estimate of drug-likeness (QED) is 0.861. The Morgan fingerprint density at radius 3 is 2.52 bits per heavy atom. The lowest BCUT2D eigenvalue weighted by Crippen LogP contribution is -2.29. The number of aliphatic carboxylic acids is 1. The van der Waals surface area contributed by atoms with Gasteiger partial charge in [-0.1, -0.05) is 30.3 Å². The van der Waals surface area contributed by atoms with Crippen molar-refractivity contribution < 1.29 is 19.4 Å². The molecule has 2 heterocycles. The van der Waals surface area contributed by atoms with Crippen molar-refractivity contribution in [3.8, 4) is 0 Å². The standard InChI is InChI=1S/C20H27NO4/c22-19(8-4-5-15-9-11-25-12-10-15)21-13-17(18(14-21)20(23)24)16-6-2-1-3-7-16/h1-3,6-7,15,17-18H,4-5,8-14H2,(H,23,24)/t17-,18-/m1/s1. The molecule has 0 saturated carbocycles. The molecule has 1 N–H and O–H groups in total. The maximum absolute atomic E-state index is 12.5. The van der Waals surface area contributed by atoms with Gasteiger partial charge in [-0.2, -0.15) is 0 Å². The van der Waals surface area contributed by atoms with E-state index in [0.29, 0.717) is 25.4 Å². The van der Waals surface area contributed by atoms with Gasteiger partial charge in [0.25, 0.3) is 0 Å². The SMILES string of the molecule is O=C(O)[C@@H]1CN(C(=O)CCCC2CCOCC2)C[C@@H]1c1ccccc1. The first kappa shape index (κ1) is 17.9. The molecule has 1 aromatic carbocycles. The van der Waals surface area contributed by atoms with Crippen LogP contribution >= 0.6 is 0 Å². The highest BCUT2D eigenvalue weighted by Gasteiger charge is 2.40. The van der Waals surface area contributed by atoms with E-state index in [1.807, 2.05) is 30.3 Å². The van der Waals surface area contributed by atoms with E-state index < -0.39 is 11.9 Å². The van der Waals surface area contributed by atoms with Gasteiger partial charge in [-0.05, 0) is 37.2 Å². The van der Waals surface area contributed by atoms with Crippen LogP contribution in [0.15, 0.2) is 30.3 Å². The van der Waals surface area contributed by atoms with E-state index >= 15 is 0 Å². The van der Waals surface area contributed by atoms with E-state index in [1.165, 1.54) is 0 Å². The van der Waals surface area contributed by atoms with E-state index in [2.05, 4.69) is 0 Å². The monoisotopic (exact) mass is 345 g/mol. The summed E-state index contributed by atoms with van der Waals surface area (Å²) in [5.74, 6) is -0.674. The van der Waals surface area contributed by atoms with Crippen LogP contribution in [0.25, 0.3) is 0 Å². The Kier molecular flexibility index (Phi) is 6.08. The molecule has 25 heavy (non-hydrogen) atoms. The molecule has 2 fully saturated rings. The summed E-state index contributed by atoms with van der Waals surface area (Å²) in [5, 5.41) is 9.54. The highest BCUT2D eigenvalue weighted by atomic mass is 16.5. The van der Waals surface area contributed by atoms with Crippen molar-refractivity contribution in [2.45, 2.75) is 38.0 Å². The molecule has 5 heteroatoms. The van der Waals surface area contributed by atoms with Gasteiger partial charge in [-0.25, -0.2) is 0 Å². The number of hydrogen-bond acceptors (Lipinski definition) is 3. The molecule has 0 unspecified atom stereocenters. The third-order valence-electron chi connectivity index (χ3n) is 5.56. The van der Waals surface area contributed by atoms with Gasteiger partial charge in [0.05, 0.1) is 5.92 Å². The maximum atomic E-state index is 12.5. The topological polar surface area (TPSA) is 66.8 Å². The summed E-state index contributed by atoms with van der Waals surface area (Å²) < 4.78 is 5.37. The second-order valence-electron chi connectivity index (χ2n) is 7.21. The summed E-state index contributed by atoms with van der Waals surface area (Å²) in [6, 6.07) is 9.69. The fourth-order valence-electron chi connectivity index (χ4n) is 4.03. The van der Waals surface area contributed by atoms with Crippen LogP contribution in [0, 0.1) is 11.8 Å². The van der Waals surface area contributed by atoms with Gasteiger partial charge in [0.1, 0.15) is 0 Å². The number of hydrogen-bond donors (Lipinski definition) is 1. The summed E-state index contributed by atoms with van der Waals surface area (Å²) in [5.41, 5.74) is 1.01. The Morgan fingerprint density at radius 2 is 1.84 bits per heavy atom. The van der Waals surface area contributed by atoms with E-state index in [1.54, 1.807) is 4.90 Å². The van der Waals surface area contributed by atoms with Crippen molar-refractivity contribution in [1.82, 2.24) is 4.90 Å². The Bertz CT molecular complexity index is 583. The minimum absolute atomic E-state index is 0.0942. The van der Waals surface area contributed by atoms with Crippen LogP contribution in [0.4, 0.5) is 0 Å². The van der Waals surface area contributed by atoms with Crippen LogP contribution in [0.2, 0.25) is 0 Å². The molecule has 2 aliphatic heterocycles. The number of nitrogens with zero attached hydrogens (tertiary/aromatic N) is 1. The number of carbonyl (C=O) groups excluding carboxylic acids is 1. The van der Waals surface area contributed by atoms with Crippen LogP contribution in [0.1, 0.15) is 43.6 Å². The zero-order chi connectivity index (χ0) is 17.6. The average Bonchev–Trinajstić information content (AvgIpc) is 3.09. The summed E-state index contributed by atoms with van der Waals surface area (Å²) in [6.07, 6.45) is 4.65. The number of ether oxygens (including phenoxy) is 1. The zero-order valence-corrected chi connectivity index (χ0v) is 14.6. The van der Waals surface area contributed by atoms with Gasteiger partial charge in [0.2, 0.25) is 5.91 Å². The fourth-order valence-corrected chi connectivity index (χ4v) is 4.03. The average molecular weight is 345 g/mol. The zero-order valence-electron chi connectivity index (χ0n) is 14.6. The second-order valence-corrected chi connectivity index (χ2v) is 7.21. The highest BCUT2D eigenvalue weighted by Crippen LogP contribution is 2.33. The van der Waals surface area contributed by atoms with Crippen LogP contribution in [-0.4, -0.2) is 48.2 Å². The number of amides is 1. The minimum atomic E-state index is -0.814. The number of carboxylic acid groups (broad SMARTS) is 1. The summed E-state index contributed by atoms with van der Waals surface area (Å²) >= 11 is 0. The molecule has 2 atom stereocenters. The van der Waals surface area contributed by atoms with Crippen molar-refractivity contribution in [2.24, 2.45) is 11.8 Å². The first-order valence-electron chi connectivity index (χ1n) is 9.28. The van der Waals surface area contributed by atoms with Gasteiger partial charge in [0, 0.05) is 38.6 Å².